The van der Waals surface area contributed by atoms with Crippen LogP contribution in [-0.2, 0) is 30.8 Å². The molecule has 3 rings (SSSR count). The standard InChI is InChI=1S/C23H24FN3O5S/c24-18-10-4-5-11-20(18)33(30,31)27-19(14-17-8-2-1-3-9-17)22(29)32-15-21(28)26-23(16-25)12-6-7-13-23/h1-5,8-11,19,27H,6-7,12-15H2,(H,26,28)/t19-/m1/s1. The van der Waals surface area contributed by atoms with Crippen molar-refractivity contribution in [3.05, 3.63) is 66.0 Å². The molecule has 1 aliphatic carbocycles. The highest BCUT2D eigenvalue weighted by Crippen LogP contribution is 2.28. The third kappa shape index (κ3) is 6.37. The molecule has 0 heterocycles. The van der Waals surface area contributed by atoms with Crippen molar-refractivity contribution in [3.63, 3.8) is 0 Å². The van der Waals surface area contributed by atoms with Gasteiger partial charge in [0.1, 0.15) is 22.3 Å². The molecule has 2 aromatic carbocycles. The summed E-state index contributed by atoms with van der Waals surface area (Å²) >= 11 is 0. The van der Waals surface area contributed by atoms with Crippen LogP contribution >= 0.6 is 0 Å². The van der Waals surface area contributed by atoms with Gasteiger partial charge >= 0.3 is 5.97 Å². The van der Waals surface area contributed by atoms with Crippen molar-refractivity contribution < 1.29 is 27.1 Å². The maximum Gasteiger partial charge on any atom is 0.325 e. The maximum atomic E-state index is 14.1. The summed E-state index contributed by atoms with van der Waals surface area (Å²) in [5.74, 6) is -2.61. The van der Waals surface area contributed by atoms with Gasteiger partial charge in [-0.3, -0.25) is 9.59 Å². The summed E-state index contributed by atoms with van der Waals surface area (Å²) in [4.78, 5) is 24.4. The van der Waals surface area contributed by atoms with Gasteiger partial charge in [0.15, 0.2) is 6.61 Å². The zero-order valence-corrected chi connectivity index (χ0v) is 18.6. The number of nitrogens with one attached hydrogen (secondary N) is 2. The number of carbonyl (C=O) groups excluding carboxylic acids is 2. The van der Waals surface area contributed by atoms with Crippen molar-refractivity contribution in [1.29, 1.82) is 5.26 Å². The van der Waals surface area contributed by atoms with E-state index in [0.717, 1.165) is 25.0 Å². The molecule has 1 aliphatic rings. The van der Waals surface area contributed by atoms with E-state index < -0.39 is 50.8 Å². The van der Waals surface area contributed by atoms with Gasteiger partial charge in [-0.25, -0.2) is 12.8 Å². The average molecular weight is 474 g/mol. The Balaban J connectivity index is 1.72. The van der Waals surface area contributed by atoms with E-state index in [1.165, 1.54) is 12.1 Å². The van der Waals surface area contributed by atoms with Crippen molar-refractivity contribution in [2.45, 2.75) is 48.6 Å². The Labute approximate surface area is 191 Å². The predicted molar refractivity (Wildman–Crippen MR) is 117 cm³/mol. The van der Waals surface area contributed by atoms with Gasteiger partial charge in [0.2, 0.25) is 10.0 Å². The number of carbonyl (C=O) groups is 2. The lowest BCUT2D eigenvalue weighted by atomic mass is 10.00. The highest BCUT2D eigenvalue weighted by molar-refractivity contribution is 7.89. The zero-order chi connectivity index (χ0) is 23.9. The first-order chi connectivity index (χ1) is 15.7. The normalized spacial score (nSPS) is 15.9. The second kappa shape index (κ2) is 10.6. The molecule has 0 unspecified atom stereocenters. The number of esters is 1. The Bertz CT molecular complexity index is 1140. The molecular formula is C23H24FN3O5S. The van der Waals surface area contributed by atoms with Gasteiger partial charge in [0.25, 0.3) is 5.91 Å². The molecule has 0 bridgehead atoms. The Morgan fingerprint density at radius 2 is 1.73 bits per heavy atom. The number of hydrogen-bond acceptors (Lipinski definition) is 6. The van der Waals surface area contributed by atoms with Crippen molar-refractivity contribution in [2.75, 3.05) is 6.61 Å². The number of nitrogens with zero attached hydrogens (tertiary/aromatic N) is 1. The fourth-order valence-electron chi connectivity index (χ4n) is 3.72. The lowest BCUT2D eigenvalue weighted by Gasteiger charge is -2.22. The Hall–Kier alpha value is -3.29. The van der Waals surface area contributed by atoms with E-state index in [1.807, 2.05) is 0 Å². The smallest absolute Gasteiger partial charge is 0.325 e. The summed E-state index contributed by atoms with van der Waals surface area (Å²) in [6, 6.07) is 14.1. The number of benzene rings is 2. The van der Waals surface area contributed by atoms with E-state index in [1.54, 1.807) is 30.3 Å². The van der Waals surface area contributed by atoms with Crippen LogP contribution in [-0.4, -0.2) is 38.5 Å². The van der Waals surface area contributed by atoms with Gasteiger partial charge in [0, 0.05) is 0 Å². The molecule has 1 saturated carbocycles. The van der Waals surface area contributed by atoms with Crippen LogP contribution in [0.4, 0.5) is 4.39 Å². The summed E-state index contributed by atoms with van der Waals surface area (Å²) < 4.78 is 46.8. The van der Waals surface area contributed by atoms with E-state index >= 15 is 0 Å². The second-order valence-corrected chi connectivity index (χ2v) is 9.53. The van der Waals surface area contributed by atoms with Gasteiger partial charge in [-0.15, -0.1) is 0 Å². The van der Waals surface area contributed by atoms with Crippen molar-refractivity contribution in [2.24, 2.45) is 0 Å². The molecule has 33 heavy (non-hydrogen) atoms. The number of hydrogen-bond donors (Lipinski definition) is 2. The van der Waals surface area contributed by atoms with Gasteiger partial charge in [0.05, 0.1) is 6.07 Å². The molecule has 0 aromatic heterocycles. The fourth-order valence-corrected chi connectivity index (χ4v) is 4.98. The maximum absolute atomic E-state index is 14.1. The Kier molecular flexibility index (Phi) is 7.79. The molecule has 0 spiro atoms. The molecule has 1 amide bonds. The van der Waals surface area contributed by atoms with Crippen molar-refractivity contribution in [1.82, 2.24) is 10.0 Å². The molecule has 10 heteroatoms. The van der Waals surface area contributed by atoms with Crippen LogP contribution in [0.2, 0.25) is 0 Å². The third-order valence-electron chi connectivity index (χ3n) is 5.39. The minimum atomic E-state index is -4.40. The van der Waals surface area contributed by atoms with Crippen LogP contribution in [0.3, 0.4) is 0 Å². The molecule has 8 nitrogen and oxygen atoms in total. The van der Waals surface area contributed by atoms with Gasteiger partial charge < -0.3 is 10.1 Å². The number of amides is 1. The second-order valence-electron chi connectivity index (χ2n) is 7.85. The number of nitriles is 1. The molecular weight excluding hydrogens is 449 g/mol. The lowest BCUT2D eigenvalue weighted by Crippen LogP contribution is -2.48. The monoisotopic (exact) mass is 473 g/mol. The lowest BCUT2D eigenvalue weighted by molar-refractivity contribution is -0.150. The molecule has 1 fully saturated rings. The molecule has 0 aliphatic heterocycles. The van der Waals surface area contributed by atoms with Crippen LogP contribution < -0.4 is 10.0 Å². The van der Waals surface area contributed by atoms with Crippen LogP contribution in [0.15, 0.2) is 59.5 Å². The summed E-state index contributed by atoms with van der Waals surface area (Å²) in [5, 5.41) is 12.0. The van der Waals surface area contributed by atoms with Crippen LogP contribution in [0.25, 0.3) is 0 Å². The molecule has 174 valence electrons. The fraction of sp³-hybridized carbons (Fsp3) is 0.348. The molecule has 1 atom stereocenters. The first-order valence-electron chi connectivity index (χ1n) is 10.4. The SMILES string of the molecule is N#CC1(NC(=O)COC(=O)[C@@H](Cc2ccccc2)NS(=O)(=O)c2ccccc2F)CCCC1. The first-order valence-corrected chi connectivity index (χ1v) is 11.9. The first kappa shape index (κ1) is 24.4. The highest BCUT2D eigenvalue weighted by Gasteiger charge is 2.36. The zero-order valence-electron chi connectivity index (χ0n) is 17.8. The van der Waals surface area contributed by atoms with E-state index in [-0.39, 0.29) is 6.42 Å². The molecule has 0 radical (unpaired) electrons. The van der Waals surface area contributed by atoms with Crippen molar-refractivity contribution >= 4 is 21.9 Å². The molecule has 2 N–H and O–H groups in total. The van der Waals surface area contributed by atoms with Crippen LogP contribution in [0, 0.1) is 17.1 Å². The average Bonchev–Trinajstić information content (AvgIpc) is 3.26. The topological polar surface area (TPSA) is 125 Å². The number of ether oxygens (including phenoxy) is 1. The quantitative estimate of drug-likeness (QED) is 0.538. The van der Waals surface area contributed by atoms with Crippen LogP contribution in [0.5, 0.6) is 0 Å². The summed E-state index contributed by atoms with van der Waals surface area (Å²) in [6.45, 7) is -0.672. The number of rotatable bonds is 9. The van der Waals surface area contributed by atoms with E-state index in [0.29, 0.717) is 18.4 Å². The van der Waals surface area contributed by atoms with E-state index in [9.17, 15) is 27.7 Å². The largest absolute Gasteiger partial charge is 0.454 e. The Morgan fingerprint density at radius 3 is 2.36 bits per heavy atom. The predicted octanol–water partition coefficient (Wildman–Crippen LogP) is 2.21. The van der Waals surface area contributed by atoms with Gasteiger partial charge in [-0.2, -0.15) is 9.98 Å². The summed E-state index contributed by atoms with van der Waals surface area (Å²) in [5.41, 5.74) is -0.339. The minimum Gasteiger partial charge on any atom is -0.454 e. The summed E-state index contributed by atoms with van der Waals surface area (Å²) in [6.07, 6.45) is 2.58. The van der Waals surface area contributed by atoms with E-state index in [2.05, 4.69) is 16.1 Å². The summed E-state index contributed by atoms with van der Waals surface area (Å²) in [7, 11) is -4.40. The highest BCUT2D eigenvalue weighted by atomic mass is 32.2. The Morgan fingerprint density at radius 1 is 1.09 bits per heavy atom. The minimum absolute atomic E-state index is 0.0723. The van der Waals surface area contributed by atoms with Crippen LogP contribution in [0.1, 0.15) is 31.2 Å². The molecule has 2 aromatic rings. The van der Waals surface area contributed by atoms with Gasteiger partial charge in [-0.1, -0.05) is 42.5 Å². The third-order valence-corrected chi connectivity index (χ3v) is 6.89. The number of halogens is 1. The number of sulfonamides is 1. The molecule has 0 saturated heterocycles. The van der Waals surface area contributed by atoms with Gasteiger partial charge in [-0.05, 0) is 49.8 Å². The van der Waals surface area contributed by atoms with E-state index in [4.69, 9.17) is 4.74 Å². The van der Waals surface area contributed by atoms with Crippen molar-refractivity contribution in [3.8, 4) is 6.07 Å².